The van der Waals surface area contributed by atoms with Gasteiger partial charge in [-0.25, -0.2) is 4.98 Å². The zero-order chi connectivity index (χ0) is 16.2. The lowest BCUT2D eigenvalue weighted by atomic mass is 9.91. The van der Waals surface area contributed by atoms with Crippen LogP contribution in [0.4, 0.5) is 5.82 Å². The van der Waals surface area contributed by atoms with Gasteiger partial charge >= 0.3 is 0 Å². The molecule has 23 heavy (non-hydrogen) atoms. The molecule has 0 aliphatic carbocycles. The second kappa shape index (κ2) is 7.30. The third kappa shape index (κ3) is 4.02. The zero-order valence-electron chi connectivity index (χ0n) is 14.4. The molecule has 2 aliphatic heterocycles. The van der Waals surface area contributed by atoms with Crippen molar-refractivity contribution in [1.82, 2.24) is 14.8 Å². The number of anilines is 1. The van der Waals surface area contributed by atoms with Crippen molar-refractivity contribution in [2.75, 3.05) is 51.7 Å². The van der Waals surface area contributed by atoms with E-state index < -0.39 is 0 Å². The van der Waals surface area contributed by atoms with Crippen molar-refractivity contribution in [2.24, 2.45) is 0 Å². The molecule has 1 amide bonds. The van der Waals surface area contributed by atoms with E-state index in [0.29, 0.717) is 18.4 Å². The molecule has 0 radical (unpaired) electrons. The molecule has 2 saturated heterocycles. The van der Waals surface area contributed by atoms with E-state index in [2.05, 4.69) is 22.0 Å². The number of likely N-dealkylation sites (tertiary alicyclic amines) is 2. The van der Waals surface area contributed by atoms with Gasteiger partial charge in [-0.05, 0) is 55.8 Å². The number of hydrogen-bond acceptors (Lipinski definition) is 4. The first kappa shape index (κ1) is 16.2. The molecule has 0 aromatic carbocycles. The number of rotatable bonds is 4. The van der Waals surface area contributed by atoms with Crippen LogP contribution in [0.25, 0.3) is 0 Å². The minimum absolute atomic E-state index is 0.312. The van der Waals surface area contributed by atoms with Crippen molar-refractivity contribution in [1.29, 1.82) is 0 Å². The van der Waals surface area contributed by atoms with Gasteiger partial charge in [0.25, 0.3) is 0 Å². The van der Waals surface area contributed by atoms with Crippen molar-refractivity contribution in [3.8, 4) is 0 Å². The fourth-order valence-electron chi connectivity index (χ4n) is 3.66. The molecular weight excluding hydrogens is 288 g/mol. The molecule has 2 fully saturated rings. The molecule has 0 bridgehead atoms. The van der Waals surface area contributed by atoms with E-state index in [1.165, 1.54) is 24.8 Å². The maximum absolute atomic E-state index is 12.4. The highest BCUT2D eigenvalue weighted by molar-refractivity contribution is 5.78. The lowest BCUT2D eigenvalue weighted by molar-refractivity contribution is -0.131. The van der Waals surface area contributed by atoms with Crippen molar-refractivity contribution >= 4 is 11.7 Å². The van der Waals surface area contributed by atoms with Crippen LogP contribution in [-0.4, -0.2) is 67.5 Å². The van der Waals surface area contributed by atoms with Gasteiger partial charge in [-0.1, -0.05) is 0 Å². The van der Waals surface area contributed by atoms with Crippen molar-refractivity contribution < 1.29 is 4.79 Å². The summed E-state index contributed by atoms with van der Waals surface area (Å²) in [6.07, 6.45) is 6.60. The Balaban J connectivity index is 1.61. The van der Waals surface area contributed by atoms with Crippen molar-refractivity contribution in [2.45, 2.75) is 31.6 Å². The molecular formula is C18H28N4O. The Kier molecular flexibility index (Phi) is 5.16. The maximum Gasteiger partial charge on any atom is 0.236 e. The Morgan fingerprint density at radius 2 is 2.04 bits per heavy atom. The summed E-state index contributed by atoms with van der Waals surface area (Å²) in [5.74, 6) is 1.83. The molecule has 1 aromatic heterocycles. The van der Waals surface area contributed by atoms with Crippen LogP contribution < -0.4 is 4.90 Å². The Morgan fingerprint density at radius 1 is 1.26 bits per heavy atom. The van der Waals surface area contributed by atoms with E-state index >= 15 is 0 Å². The highest BCUT2D eigenvalue weighted by Crippen LogP contribution is 2.28. The summed E-state index contributed by atoms with van der Waals surface area (Å²) in [4.78, 5) is 23.2. The Labute approximate surface area is 139 Å². The summed E-state index contributed by atoms with van der Waals surface area (Å²) < 4.78 is 0. The van der Waals surface area contributed by atoms with E-state index in [9.17, 15) is 4.79 Å². The van der Waals surface area contributed by atoms with Gasteiger partial charge in [0.15, 0.2) is 0 Å². The predicted molar refractivity (Wildman–Crippen MR) is 92.8 cm³/mol. The van der Waals surface area contributed by atoms with Gasteiger partial charge in [0, 0.05) is 39.9 Å². The first-order chi connectivity index (χ1) is 11.1. The van der Waals surface area contributed by atoms with E-state index in [1.807, 2.05) is 30.1 Å². The Hall–Kier alpha value is -1.62. The SMILES string of the molecule is CN(C)c1cc([C@@H]2CCCN(CC(=O)N3CCCC3)C2)ccn1. The van der Waals surface area contributed by atoms with E-state index in [0.717, 1.165) is 38.4 Å². The van der Waals surface area contributed by atoms with Gasteiger partial charge in [-0.3, -0.25) is 9.69 Å². The molecule has 0 saturated carbocycles. The number of hydrogen-bond donors (Lipinski definition) is 0. The molecule has 0 spiro atoms. The maximum atomic E-state index is 12.4. The fourth-order valence-corrected chi connectivity index (χ4v) is 3.66. The monoisotopic (exact) mass is 316 g/mol. The first-order valence-corrected chi connectivity index (χ1v) is 8.77. The highest BCUT2D eigenvalue weighted by Gasteiger charge is 2.26. The minimum atomic E-state index is 0.312. The molecule has 1 aromatic rings. The van der Waals surface area contributed by atoms with E-state index in [1.54, 1.807) is 0 Å². The van der Waals surface area contributed by atoms with Crippen LogP contribution in [0.15, 0.2) is 18.3 Å². The van der Waals surface area contributed by atoms with Crippen molar-refractivity contribution in [3.05, 3.63) is 23.9 Å². The average Bonchev–Trinajstić information content (AvgIpc) is 3.10. The second-order valence-electron chi connectivity index (χ2n) is 7.00. The molecule has 3 rings (SSSR count). The van der Waals surface area contributed by atoms with Crippen LogP contribution in [0.2, 0.25) is 0 Å². The smallest absolute Gasteiger partial charge is 0.236 e. The third-order valence-electron chi connectivity index (χ3n) is 5.02. The Bertz CT molecular complexity index is 540. The third-order valence-corrected chi connectivity index (χ3v) is 5.02. The normalized spacial score (nSPS) is 22.3. The summed E-state index contributed by atoms with van der Waals surface area (Å²) in [5.41, 5.74) is 1.35. The molecule has 3 heterocycles. The molecule has 1 atom stereocenters. The predicted octanol–water partition coefficient (Wildman–Crippen LogP) is 1.95. The molecule has 126 valence electrons. The molecule has 5 heteroatoms. The van der Waals surface area contributed by atoms with Gasteiger partial charge < -0.3 is 9.80 Å². The van der Waals surface area contributed by atoms with Gasteiger partial charge in [0.2, 0.25) is 5.91 Å². The second-order valence-corrected chi connectivity index (χ2v) is 7.00. The van der Waals surface area contributed by atoms with Crippen LogP contribution in [0.5, 0.6) is 0 Å². The topological polar surface area (TPSA) is 39.7 Å². The minimum Gasteiger partial charge on any atom is -0.363 e. The van der Waals surface area contributed by atoms with Crippen LogP contribution >= 0.6 is 0 Å². The van der Waals surface area contributed by atoms with Gasteiger partial charge in [0.05, 0.1) is 6.54 Å². The summed E-state index contributed by atoms with van der Waals surface area (Å²) in [5, 5.41) is 0. The van der Waals surface area contributed by atoms with E-state index in [-0.39, 0.29) is 0 Å². The van der Waals surface area contributed by atoms with E-state index in [4.69, 9.17) is 0 Å². The molecule has 2 aliphatic rings. The van der Waals surface area contributed by atoms with Crippen LogP contribution in [-0.2, 0) is 4.79 Å². The number of carbonyl (C=O) groups is 1. The zero-order valence-corrected chi connectivity index (χ0v) is 14.4. The standard InChI is InChI=1S/C18H28N4O/c1-20(2)17-12-15(7-8-19-17)16-6-5-9-21(13-16)14-18(23)22-10-3-4-11-22/h7-8,12,16H,3-6,9-11,13-14H2,1-2H3/t16-/m1/s1. The lowest BCUT2D eigenvalue weighted by Gasteiger charge is -2.33. The number of aromatic nitrogens is 1. The molecule has 0 N–H and O–H groups in total. The van der Waals surface area contributed by atoms with Crippen LogP contribution in [0.3, 0.4) is 0 Å². The van der Waals surface area contributed by atoms with Crippen LogP contribution in [0, 0.1) is 0 Å². The lowest BCUT2D eigenvalue weighted by Crippen LogP contribution is -2.43. The average molecular weight is 316 g/mol. The molecule has 0 unspecified atom stereocenters. The largest absolute Gasteiger partial charge is 0.363 e. The van der Waals surface area contributed by atoms with Crippen molar-refractivity contribution in [3.63, 3.8) is 0 Å². The fraction of sp³-hybridized carbons (Fsp3) is 0.667. The summed E-state index contributed by atoms with van der Waals surface area (Å²) >= 11 is 0. The number of nitrogens with zero attached hydrogens (tertiary/aromatic N) is 4. The summed E-state index contributed by atoms with van der Waals surface area (Å²) in [6.45, 7) is 4.51. The highest BCUT2D eigenvalue weighted by atomic mass is 16.2. The summed E-state index contributed by atoms with van der Waals surface area (Å²) in [7, 11) is 4.04. The molecule has 5 nitrogen and oxygen atoms in total. The van der Waals surface area contributed by atoms with Crippen LogP contribution in [0.1, 0.15) is 37.2 Å². The number of pyridine rings is 1. The van der Waals surface area contributed by atoms with Gasteiger partial charge in [-0.15, -0.1) is 0 Å². The first-order valence-electron chi connectivity index (χ1n) is 8.77. The number of piperidine rings is 1. The number of carbonyl (C=O) groups excluding carboxylic acids is 1. The van der Waals surface area contributed by atoms with Gasteiger partial charge in [0.1, 0.15) is 5.82 Å². The quantitative estimate of drug-likeness (QED) is 0.851. The summed E-state index contributed by atoms with van der Waals surface area (Å²) in [6, 6.07) is 4.32. The Morgan fingerprint density at radius 3 is 2.78 bits per heavy atom. The van der Waals surface area contributed by atoms with Gasteiger partial charge in [-0.2, -0.15) is 0 Å². The number of amides is 1.